The summed E-state index contributed by atoms with van der Waals surface area (Å²) < 4.78 is 0.644. The number of amidine groups is 2. The van der Waals surface area contributed by atoms with Crippen LogP contribution < -0.4 is 10.6 Å². The van der Waals surface area contributed by atoms with E-state index in [0.717, 1.165) is 4.88 Å². The molecule has 1 aromatic heterocycles. The molecule has 1 radical (unpaired) electrons. The van der Waals surface area contributed by atoms with Gasteiger partial charge in [0.1, 0.15) is 5.71 Å². The molecular weight excluding hydrogens is 447 g/mol. The SMILES string of the molecule is CC.CCN/C([S-])=N/N=C(/C=N/N=C(\[S-])NCC)c1ccc(Cl)s1.[Cu+2]. The second-order valence-corrected chi connectivity index (χ2v) is 6.19. The quantitative estimate of drug-likeness (QED) is 0.221. The molecule has 0 saturated carbocycles. The van der Waals surface area contributed by atoms with Crippen LogP contribution in [0.2, 0.25) is 4.34 Å². The molecule has 0 amide bonds. The Hall–Kier alpha value is -0.771. The topological polar surface area (TPSA) is 73.5 Å². The number of hydrogen-bond donors (Lipinski definition) is 2. The van der Waals surface area contributed by atoms with Crippen LogP contribution in [0.1, 0.15) is 32.6 Å². The molecule has 1 aromatic rings. The van der Waals surface area contributed by atoms with Gasteiger partial charge >= 0.3 is 17.1 Å². The Kier molecular flexibility index (Phi) is 17.7. The van der Waals surface area contributed by atoms with Crippen molar-refractivity contribution in [1.82, 2.24) is 10.6 Å². The van der Waals surface area contributed by atoms with Crippen molar-refractivity contribution >= 4 is 70.5 Å². The van der Waals surface area contributed by atoms with Crippen LogP contribution in [0, 0.1) is 0 Å². The van der Waals surface area contributed by atoms with E-state index in [1.54, 1.807) is 6.07 Å². The molecule has 6 nitrogen and oxygen atoms in total. The van der Waals surface area contributed by atoms with Crippen LogP contribution in [0.25, 0.3) is 0 Å². The number of halogens is 1. The van der Waals surface area contributed by atoms with E-state index < -0.39 is 0 Å². The first-order valence-corrected chi connectivity index (χ1v) is 9.42. The van der Waals surface area contributed by atoms with E-state index in [9.17, 15) is 0 Å². The van der Waals surface area contributed by atoms with Crippen molar-refractivity contribution in [3.05, 3.63) is 21.3 Å². The van der Waals surface area contributed by atoms with Crippen molar-refractivity contribution in [3.8, 4) is 0 Å². The summed E-state index contributed by atoms with van der Waals surface area (Å²) in [4.78, 5) is 0.807. The van der Waals surface area contributed by atoms with Gasteiger partial charge in [0, 0.05) is 13.1 Å². The van der Waals surface area contributed by atoms with Gasteiger partial charge in [0.2, 0.25) is 0 Å². The molecule has 0 spiro atoms. The third kappa shape index (κ3) is 12.3. The van der Waals surface area contributed by atoms with Gasteiger partial charge in [-0.3, -0.25) is 0 Å². The van der Waals surface area contributed by atoms with Crippen LogP contribution in [-0.2, 0) is 42.3 Å². The fraction of sp³-hybridized carbons (Fsp3) is 0.429. The Morgan fingerprint density at radius 2 is 1.64 bits per heavy atom. The Bertz CT molecular complexity index is 601. The zero-order valence-electron chi connectivity index (χ0n) is 14.3. The van der Waals surface area contributed by atoms with E-state index in [0.29, 0.717) is 33.5 Å². The van der Waals surface area contributed by atoms with E-state index in [1.807, 2.05) is 33.8 Å². The van der Waals surface area contributed by atoms with Gasteiger partial charge in [0.15, 0.2) is 0 Å². The maximum atomic E-state index is 5.94. The first-order valence-electron chi connectivity index (χ1n) is 7.41. The van der Waals surface area contributed by atoms with Crippen LogP contribution >= 0.6 is 22.9 Å². The van der Waals surface area contributed by atoms with Gasteiger partial charge in [-0.1, -0.05) is 25.4 Å². The van der Waals surface area contributed by atoms with Gasteiger partial charge in [-0.05, 0) is 36.3 Å². The largest absolute Gasteiger partial charge is 2.00 e. The zero-order chi connectivity index (χ0) is 18.4. The van der Waals surface area contributed by atoms with Crippen molar-refractivity contribution in [2.75, 3.05) is 13.1 Å². The minimum absolute atomic E-state index is 0. The fourth-order valence-corrected chi connectivity index (χ4v) is 2.57. The maximum Gasteiger partial charge on any atom is 2.00 e. The predicted molar refractivity (Wildman–Crippen MR) is 113 cm³/mol. The van der Waals surface area contributed by atoms with E-state index in [2.05, 4.69) is 31.0 Å². The molecule has 1 rings (SSSR count). The van der Waals surface area contributed by atoms with Gasteiger partial charge in [-0.2, -0.15) is 15.3 Å². The summed E-state index contributed by atoms with van der Waals surface area (Å²) in [6.07, 6.45) is 1.46. The molecule has 1 heterocycles. The Morgan fingerprint density at radius 1 is 1.08 bits per heavy atom. The van der Waals surface area contributed by atoms with Crippen LogP contribution in [0.3, 0.4) is 0 Å². The first kappa shape index (κ1) is 26.5. The van der Waals surface area contributed by atoms with Crippen molar-refractivity contribution < 1.29 is 17.1 Å². The number of thiophene rings is 1. The molecule has 0 aromatic carbocycles. The number of hydrogen-bond acceptors (Lipinski definition) is 7. The molecule has 0 saturated heterocycles. The molecule has 0 bridgehead atoms. The minimum atomic E-state index is 0. The molecule has 0 aliphatic heterocycles. The van der Waals surface area contributed by atoms with Crippen LogP contribution in [0.4, 0.5) is 0 Å². The molecule has 0 unspecified atom stereocenters. The molecular formula is C14H21ClCuN6S3. The van der Waals surface area contributed by atoms with Gasteiger partial charge < -0.3 is 35.9 Å². The summed E-state index contributed by atoms with van der Waals surface area (Å²) in [5.74, 6) is 0. The third-order valence-corrected chi connectivity index (χ3v) is 3.76. The minimum Gasteiger partial charge on any atom is -0.741 e. The van der Waals surface area contributed by atoms with Gasteiger partial charge in [-0.25, -0.2) is 0 Å². The Labute approximate surface area is 180 Å². The number of nitrogens with one attached hydrogen (secondary N) is 2. The van der Waals surface area contributed by atoms with E-state index >= 15 is 0 Å². The van der Waals surface area contributed by atoms with Crippen LogP contribution in [0.15, 0.2) is 32.5 Å². The van der Waals surface area contributed by atoms with E-state index in [4.69, 9.17) is 36.9 Å². The van der Waals surface area contributed by atoms with Crippen LogP contribution in [-0.4, -0.2) is 35.4 Å². The number of rotatable bonds is 6. The normalized spacial score (nSPS) is 12.3. The maximum absolute atomic E-state index is 5.94. The molecule has 0 fully saturated rings. The summed E-state index contributed by atoms with van der Waals surface area (Å²) in [6.45, 7) is 9.21. The van der Waals surface area contributed by atoms with Gasteiger partial charge in [0.25, 0.3) is 0 Å². The van der Waals surface area contributed by atoms with E-state index in [1.165, 1.54) is 17.6 Å². The average molecular weight is 469 g/mol. The zero-order valence-corrected chi connectivity index (χ0v) is 18.5. The second-order valence-electron chi connectivity index (χ2n) is 3.70. The van der Waals surface area contributed by atoms with Crippen molar-refractivity contribution in [3.63, 3.8) is 0 Å². The van der Waals surface area contributed by atoms with Crippen molar-refractivity contribution in [2.45, 2.75) is 27.7 Å². The standard InChI is InChI=1S/C12H17ClN6S3.C2H6.Cu/c1-3-14-11(20)18-16-7-8(9-5-6-10(13)22-9)17-19-12(21)15-4-2;1-2;/h5-7H,3-4H2,1-2H3,(H2,14,18,20)(H2,15,19,21);1-2H3;/q;;+2/p-2/b16-7+,17-8-;;. The molecule has 2 N–H and O–H groups in total. The monoisotopic (exact) mass is 467 g/mol. The van der Waals surface area contributed by atoms with E-state index in [-0.39, 0.29) is 17.1 Å². The molecule has 0 atom stereocenters. The summed E-state index contributed by atoms with van der Waals surface area (Å²) in [7, 11) is 0. The van der Waals surface area contributed by atoms with Crippen LogP contribution in [0.5, 0.6) is 0 Å². The Balaban J connectivity index is 0. The summed E-state index contributed by atoms with van der Waals surface area (Å²) in [5.41, 5.74) is 0.500. The molecule has 0 aliphatic carbocycles. The van der Waals surface area contributed by atoms with Crippen molar-refractivity contribution in [1.29, 1.82) is 0 Å². The number of nitrogens with zero attached hydrogens (tertiary/aromatic N) is 4. The summed E-state index contributed by atoms with van der Waals surface area (Å²) in [5, 5.41) is 22.1. The fourth-order valence-electron chi connectivity index (χ4n) is 1.20. The smallest absolute Gasteiger partial charge is 0.741 e. The third-order valence-electron chi connectivity index (χ3n) is 2.06. The molecule has 143 valence electrons. The van der Waals surface area contributed by atoms with Crippen molar-refractivity contribution in [2.24, 2.45) is 20.4 Å². The van der Waals surface area contributed by atoms with Gasteiger partial charge in [-0.15, -0.1) is 16.4 Å². The van der Waals surface area contributed by atoms with Gasteiger partial charge in [0.05, 0.1) is 15.4 Å². The second kappa shape index (κ2) is 16.7. The molecule has 11 heteroatoms. The summed E-state index contributed by atoms with van der Waals surface area (Å²) in [6, 6.07) is 3.60. The molecule has 25 heavy (non-hydrogen) atoms. The predicted octanol–water partition coefficient (Wildman–Crippen LogP) is 3.14. The first-order chi connectivity index (χ1) is 11.6. The summed E-state index contributed by atoms with van der Waals surface area (Å²) >= 11 is 17.3. The molecule has 0 aliphatic rings. The Morgan fingerprint density at radius 3 is 2.12 bits per heavy atom. The average Bonchev–Trinajstić information content (AvgIpc) is 2.99.